The highest BCUT2D eigenvalue weighted by atomic mass is 32.2. The molecule has 7 nitrogen and oxygen atoms in total. The smallest absolute Gasteiger partial charge is 0.240 e. The summed E-state index contributed by atoms with van der Waals surface area (Å²) < 4.78 is 39.3. The predicted molar refractivity (Wildman–Crippen MR) is 116 cm³/mol. The van der Waals surface area contributed by atoms with Crippen LogP contribution in [0.5, 0.6) is 11.5 Å². The lowest BCUT2D eigenvalue weighted by Crippen LogP contribution is -2.31. The van der Waals surface area contributed by atoms with Crippen LogP contribution >= 0.6 is 0 Å². The molecule has 1 amide bonds. The van der Waals surface area contributed by atoms with Crippen LogP contribution in [0.1, 0.15) is 38.8 Å². The number of carbonyl (C=O) groups is 1. The summed E-state index contributed by atoms with van der Waals surface area (Å²) in [5.41, 5.74) is 2.05. The molecule has 2 aromatic carbocycles. The summed E-state index contributed by atoms with van der Waals surface area (Å²) >= 11 is 0. The molecule has 30 heavy (non-hydrogen) atoms. The second kappa shape index (κ2) is 8.28. The zero-order valence-corrected chi connectivity index (χ0v) is 18.8. The summed E-state index contributed by atoms with van der Waals surface area (Å²) in [7, 11) is -2.19. The van der Waals surface area contributed by atoms with E-state index in [1.54, 1.807) is 42.3 Å². The minimum atomic E-state index is -3.73. The average Bonchev–Trinajstić information content (AvgIpc) is 2.98. The molecule has 0 unspecified atom stereocenters. The Morgan fingerprint density at radius 3 is 2.53 bits per heavy atom. The van der Waals surface area contributed by atoms with Crippen LogP contribution in [0.25, 0.3) is 0 Å². The van der Waals surface area contributed by atoms with Gasteiger partial charge in [0.15, 0.2) is 11.5 Å². The highest BCUT2D eigenvalue weighted by Crippen LogP contribution is 2.41. The summed E-state index contributed by atoms with van der Waals surface area (Å²) in [4.78, 5) is 13.8. The molecule has 1 N–H and O–H groups in total. The molecule has 2 aromatic rings. The van der Waals surface area contributed by atoms with Gasteiger partial charge in [-0.05, 0) is 48.4 Å². The molecule has 0 atom stereocenters. The van der Waals surface area contributed by atoms with Crippen molar-refractivity contribution in [3.8, 4) is 11.5 Å². The number of fused-ring (bicyclic) bond motifs is 1. The van der Waals surface area contributed by atoms with Crippen molar-refractivity contribution in [3.63, 3.8) is 0 Å². The number of methoxy groups -OCH3 is 1. The van der Waals surface area contributed by atoms with Gasteiger partial charge in [-0.2, -0.15) is 0 Å². The lowest BCUT2D eigenvalue weighted by Gasteiger charge is -2.19. The summed E-state index contributed by atoms with van der Waals surface area (Å²) in [6.45, 7) is 8.57. The van der Waals surface area contributed by atoms with Crippen molar-refractivity contribution >= 4 is 21.6 Å². The second-order valence-corrected chi connectivity index (χ2v) is 9.68. The van der Waals surface area contributed by atoms with Gasteiger partial charge in [-0.3, -0.25) is 4.79 Å². The van der Waals surface area contributed by atoms with Crippen LogP contribution in [0, 0.1) is 0 Å². The number of benzene rings is 2. The lowest BCUT2D eigenvalue weighted by molar-refractivity contribution is -0.116. The summed E-state index contributed by atoms with van der Waals surface area (Å²) in [6, 6.07) is 10.2. The molecule has 1 heterocycles. The highest BCUT2D eigenvalue weighted by Gasteiger charge is 2.37. The number of amides is 1. The van der Waals surface area contributed by atoms with Crippen LogP contribution < -0.4 is 19.1 Å². The Bertz CT molecular complexity index is 1060. The Hall–Kier alpha value is -2.58. The number of rotatable bonds is 7. The summed E-state index contributed by atoms with van der Waals surface area (Å²) in [6.07, 6.45) is 0. The maximum atomic E-state index is 12.9. The van der Waals surface area contributed by atoms with E-state index in [0.717, 1.165) is 16.8 Å². The number of hydrogen-bond donors (Lipinski definition) is 1. The van der Waals surface area contributed by atoms with Crippen molar-refractivity contribution < 1.29 is 22.7 Å². The van der Waals surface area contributed by atoms with E-state index in [0.29, 0.717) is 24.7 Å². The van der Waals surface area contributed by atoms with Gasteiger partial charge in [0.25, 0.3) is 0 Å². The highest BCUT2D eigenvalue weighted by molar-refractivity contribution is 7.89. The van der Waals surface area contributed by atoms with Gasteiger partial charge in [-0.1, -0.05) is 19.9 Å². The molecule has 3 rings (SSSR count). The largest absolute Gasteiger partial charge is 0.493 e. The van der Waals surface area contributed by atoms with E-state index in [2.05, 4.69) is 4.72 Å². The minimum Gasteiger partial charge on any atom is -0.493 e. The monoisotopic (exact) mass is 432 g/mol. The molecule has 0 saturated heterocycles. The quantitative estimate of drug-likeness (QED) is 0.726. The van der Waals surface area contributed by atoms with Gasteiger partial charge >= 0.3 is 0 Å². The van der Waals surface area contributed by atoms with E-state index in [9.17, 15) is 13.2 Å². The number of nitrogens with zero attached hydrogens (tertiary/aromatic N) is 1. The molecule has 8 heteroatoms. The van der Waals surface area contributed by atoms with E-state index in [1.807, 2.05) is 20.8 Å². The normalized spacial score (nSPS) is 15.0. The Balaban J connectivity index is 1.83. The third-order valence-corrected chi connectivity index (χ3v) is 6.62. The van der Waals surface area contributed by atoms with Crippen LogP contribution in [0.15, 0.2) is 41.3 Å². The Morgan fingerprint density at radius 1 is 1.17 bits per heavy atom. The molecule has 1 aliphatic rings. The van der Waals surface area contributed by atoms with Gasteiger partial charge in [0.1, 0.15) is 0 Å². The lowest BCUT2D eigenvalue weighted by atomic mass is 9.87. The van der Waals surface area contributed by atoms with Crippen molar-refractivity contribution in [2.75, 3.05) is 25.2 Å². The van der Waals surface area contributed by atoms with Crippen molar-refractivity contribution in [1.29, 1.82) is 0 Å². The van der Waals surface area contributed by atoms with E-state index in [1.165, 1.54) is 13.0 Å². The standard InChI is InChI=1S/C22H28N2O5S/c1-6-29-20-10-7-16(11-21(20)28-5)13-23-30(26,27)17-8-9-19-18(12-17)22(3,4)14-24(19)15(2)25/h7-12,23H,6,13-14H2,1-5H3. The molecule has 1 aliphatic heterocycles. The van der Waals surface area contributed by atoms with Gasteiger partial charge in [-0.15, -0.1) is 0 Å². The molecule has 0 radical (unpaired) electrons. The zero-order valence-electron chi connectivity index (χ0n) is 18.0. The second-order valence-electron chi connectivity index (χ2n) is 7.91. The van der Waals surface area contributed by atoms with E-state index in [4.69, 9.17) is 9.47 Å². The molecular formula is C22H28N2O5S. The van der Waals surface area contributed by atoms with Crippen LogP contribution in [-0.4, -0.2) is 34.6 Å². The fourth-order valence-corrected chi connectivity index (χ4v) is 4.71. The molecule has 162 valence electrons. The van der Waals surface area contributed by atoms with Crippen molar-refractivity contribution in [1.82, 2.24) is 4.72 Å². The third kappa shape index (κ3) is 4.29. The van der Waals surface area contributed by atoms with Crippen molar-refractivity contribution in [3.05, 3.63) is 47.5 Å². The first-order valence-corrected chi connectivity index (χ1v) is 11.3. The molecular weight excluding hydrogens is 404 g/mol. The topological polar surface area (TPSA) is 84.9 Å². The number of carbonyl (C=O) groups excluding carboxylic acids is 1. The van der Waals surface area contributed by atoms with Crippen molar-refractivity contribution in [2.24, 2.45) is 0 Å². The third-order valence-electron chi connectivity index (χ3n) is 5.23. The van der Waals surface area contributed by atoms with Crippen LogP contribution in [-0.2, 0) is 26.8 Å². The maximum Gasteiger partial charge on any atom is 0.240 e. The summed E-state index contributed by atoms with van der Waals surface area (Å²) in [5.74, 6) is 1.11. The molecule has 0 saturated carbocycles. The predicted octanol–water partition coefficient (Wildman–Crippen LogP) is 3.22. The van der Waals surface area contributed by atoms with Gasteiger partial charge in [0.05, 0.1) is 18.6 Å². The van der Waals surface area contributed by atoms with Crippen LogP contribution in [0.4, 0.5) is 5.69 Å². The molecule has 0 aromatic heterocycles. The van der Waals surface area contributed by atoms with Gasteiger partial charge < -0.3 is 14.4 Å². The van der Waals surface area contributed by atoms with Crippen molar-refractivity contribution in [2.45, 2.75) is 44.6 Å². The molecule has 0 aliphatic carbocycles. The molecule has 0 bridgehead atoms. The first kappa shape index (κ1) is 22.1. The minimum absolute atomic E-state index is 0.0556. The Kier molecular flexibility index (Phi) is 6.10. The number of ether oxygens (including phenoxy) is 2. The average molecular weight is 433 g/mol. The maximum absolute atomic E-state index is 12.9. The Labute approximate surface area is 178 Å². The zero-order chi connectivity index (χ0) is 22.1. The fraction of sp³-hybridized carbons (Fsp3) is 0.409. The fourth-order valence-electron chi connectivity index (χ4n) is 3.66. The number of hydrogen-bond acceptors (Lipinski definition) is 5. The van der Waals surface area contributed by atoms with Gasteiger partial charge in [-0.25, -0.2) is 13.1 Å². The van der Waals surface area contributed by atoms with E-state index < -0.39 is 10.0 Å². The number of sulfonamides is 1. The van der Waals surface area contributed by atoms with E-state index >= 15 is 0 Å². The SMILES string of the molecule is CCOc1ccc(CNS(=O)(=O)c2ccc3c(c2)C(C)(C)CN3C(C)=O)cc1OC. The molecule has 0 spiro atoms. The van der Waals surface area contributed by atoms with Gasteiger partial charge in [0, 0.05) is 31.1 Å². The number of nitrogens with one attached hydrogen (secondary N) is 1. The van der Waals surface area contributed by atoms with E-state index in [-0.39, 0.29) is 22.8 Å². The first-order valence-electron chi connectivity index (χ1n) is 9.81. The Morgan fingerprint density at radius 2 is 1.90 bits per heavy atom. The van der Waals surface area contributed by atoms with Crippen LogP contribution in [0.3, 0.4) is 0 Å². The van der Waals surface area contributed by atoms with Gasteiger partial charge in [0.2, 0.25) is 15.9 Å². The van der Waals surface area contributed by atoms with Crippen LogP contribution in [0.2, 0.25) is 0 Å². The summed E-state index contributed by atoms with van der Waals surface area (Å²) in [5, 5.41) is 0. The molecule has 0 fully saturated rings. The number of anilines is 1. The first-order chi connectivity index (χ1) is 14.1.